The van der Waals surface area contributed by atoms with E-state index in [4.69, 9.17) is 0 Å². The van der Waals surface area contributed by atoms with Crippen molar-refractivity contribution < 1.29 is 9.90 Å². The molecule has 0 aromatic heterocycles. The van der Waals surface area contributed by atoms with Gasteiger partial charge >= 0.3 is 5.97 Å². The summed E-state index contributed by atoms with van der Waals surface area (Å²) < 4.78 is 0. The minimum absolute atomic E-state index is 0.170. The lowest BCUT2D eigenvalue weighted by Gasteiger charge is -2.32. The minimum Gasteiger partial charge on any atom is -0.481 e. The van der Waals surface area contributed by atoms with Crippen LogP contribution in [0.5, 0.6) is 0 Å². The first-order chi connectivity index (χ1) is 9.25. The summed E-state index contributed by atoms with van der Waals surface area (Å²) in [5.74, 6) is -0.446. The Morgan fingerprint density at radius 2 is 2.05 bits per heavy atom. The van der Waals surface area contributed by atoms with Gasteiger partial charge in [-0.05, 0) is 31.8 Å². The van der Waals surface area contributed by atoms with Gasteiger partial charge in [0.15, 0.2) is 0 Å². The maximum absolute atomic E-state index is 11.4. The Morgan fingerprint density at radius 3 is 2.55 bits per heavy atom. The van der Waals surface area contributed by atoms with E-state index in [0.717, 1.165) is 45.3 Å². The van der Waals surface area contributed by atoms with Crippen molar-refractivity contribution in [3.8, 4) is 0 Å². The third-order valence-electron chi connectivity index (χ3n) is 4.16. The average Bonchev–Trinajstić information content (AvgIpc) is 2.66. The van der Waals surface area contributed by atoms with Crippen LogP contribution >= 0.6 is 0 Å². The summed E-state index contributed by atoms with van der Waals surface area (Å²) in [4.78, 5) is 16.0. The predicted octanol–water partition coefficient (Wildman–Crippen LogP) is 1.04. The lowest BCUT2D eigenvalue weighted by molar-refractivity contribution is -0.142. The molecule has 0 spiro atoms. The van der Waals surface area contributed by atoms with Gasteiger partial charge in [-0.15, -0.1) is 0 Å². The molecule has 0 unspecified atom stereocenters. The molecular weight excluding hydrogens is 251 g/mol. The van der Waals surface area contributed by atoms with Crippen molar-refractivity contribution in [2.45, 2.75) is 33.0 Å². The topological polar surface area (TPSA) is 43.8 Å². The van der Waals surface area contributed by atoms with E-state index in [-0.39, 0.29) is 11.3 Å². The molecule has 1 aliphatic heterocycles. The molecule has 1 fully saturated rings. The van der Waals surface area contributed by atoms with Crippen LogP contribution in [-0.2, 0) is 4.79 Å². The molecule has 1 saturated heterocycles. The molecule has 2 atom stereocenters. The fraction of sp³-hybridized carbons (Fsp3) is 0.933. The molecule has 0 aliphatic carbocycles. The van der Waals surface area contributed by atoms with E-state index >= 15 is 0 Å². The lowest BCUT2D eigenvalue weighted by atomic mass is 9.88. The quantitative estimate of drug-likeness (QED) is 0.676. The number of rotatable bonds is 8. The van der Waals surface area contributed by atoms with E-state index in [1.165, 1.54) is 0 Å². The molecule has 0 radical (unpaired) electrons. The van der Waals surface area contributed by atoms with Crippen molar-refractivity contribution in [2.75, 3.05) is 40.3 Å². The number of carboxylic acids is 1. The van der Waals surface area contributed by atoms with Gasteiger partial charge in [0.25, 0.3) is 0 Å². The summed E-state index contributed by atoms with van der Waals surface area (Å²) in [5, 5.41) is 9.41. The van der Waals surface area contributed by atoms with E-state index < -0.39 is 5.97 Å². The molecule has 0 bridgehead atoms. The highest BCUT2D eigenvalue weighted by molar-refractivity contribution is 6.08. The third kappa shape index (κ3) is 5.45. The van der Waals surface area contributed by atoms with Crippen LogP contribution in [0.4, 0.5) is 0 Å². The summed E-state index contributed by atoms with van der Waals surface area (Å²) in [6.07, 6.45) is 3.34. The first kappa shape index (κ1) is 17.5. The minimum atomic E-state index is -0.612. The predicted molar refractivity (Wildman–Crippen MR) is 86.0 cm³/mol. The monoisotopic (exact) mass is 282 g/mol. The number of carboxylic acid groups (broad SMARTS) is 1. The number of carbonyl (C=O) groups is 1. The average molecular weight is 282 g/mol. The van der Waals surface area contributed by atoms with Gasteiger partial charge in [-0.2, -0.15) is 0 Å². The molecule has 5 heteroatoms. The second-order valence-electron chi connectivity index (χ2n) is 7.44. The zero-order valence-corrected chi connectivity index (χ0v) is 13.9. The van der Waals surface area contributed by atoms with Crippen molar-refractivity contribution >= 4 is 13.8 Å². The maximum Gasteiger partial charge on any atom is 0.308 e. The molecule has 1 N–H and O–H groups in total. The van der Waals surface area contributed by atoms with E-state index in [1.807, 2.05) is 0 Å². The van der Waals surface area contributed by atoms with Crippen LogP contribution in [0, 0.1) is 17.3 Å². The summed E-state index contributed by atoms with van der Waals surface area (Å²) in [7, 11) is 6.36. The Morgan fingerprint density at radius 1 is 1.40 bits per heavy atom. The van der Waals surface area contributed by atoms with E-state index in [2.05, 4.69) is 45.6 Å². The largest absolute Gasteiger partial charge is 0.481 e. The van der Waals surface area contributed by atoms with Gasteiger partial charge < -0.3 is 14.9 Å². The molecule has 0 aromatic carbocycles. The second kappa shape index (κ2) is 7.46. The highest BCUT2D eigenvalue weighted by Crippen LogP contribution is 2.30. The Hall–Kier alpha value is -0.545. The zero-order valence-electron chi connectivity index (χ0n) is 13.9. The Balaban J connectivity index is 2.58. The molecular formula is C15H31BN2O2. The summed E-state index contributed by atoms with van der Waals surface area (Å²) in [5.41, 5.74) is 0.201. The lowest BCUT2D eigenvalue weighted by Crippen LogP contribution is -2.39. The molecule has 1 aliphatic rings. The highest BCUT2D eigenvalue weighted by atomic mass is 16.4. The molecule has 116 valence electrons. The normalized spacial score (nSPS) is 24.4. The Bertz CT molecular complexity index is 321. The Labute approximate surface area is 124 Å². The van der Waals surface area contributed by atoms with Crippen molar-refractivity contribution in [3.63, 3.8) is 0 Å². The van der Waals surface area contributed by atoms with E-state index in [9.17, 15) is 9.90 Å². The van der Waals surface area contributed by atoms with Crippen molar-refractivity contribution in [1.29, 1.82) is 0 Å². The number of hydrogen-bond acceptors (Lipinski definition) is 3. The number of nitrogens with zero attached hydrogens (tertiary/aromatic N) is 2. The molecule has 4 nitrogen and oxygen atoms in total. The summed E-state index contributed by atoms with van der Waals surface area (Å²) >= 11 is 0. The summed E-state index contributed by atoms with van der Waals surface area (Å²) in [6, 6.07) is 0. The number of hydrogen-bond donors (Lipinski definition) is 1. The van der Waals surface area contributed by atoms with Gasteiger partial charge in [0.2, 0.25) is 0 Å². The highest BCUT2D eigenvalue weighted by Gasteiger charge is 2.38. The fourth-order valence-electron chi connectivity index (χ4n) is 3.64. The number of likely N-dealkylation sites (tertiary alicyclic amines) is 1. The molecule has 1 rings (SSSR count). The number of aliphatic carboxylic acids is 1. The van der Waals surface area contributed by atoms with Gasteiger partial charge in [0.1, 0.15) is 7.85 Å². The second-order valence-corrected chi connectivity index (χ2v) is 7.44. The standard InChI is InChI=1S/C15H31BN2O2/c1-15(2,10-17(3)4)11-18-8-12(6-5-7-16)13(9-18)14(19)20/h12-13H,5-11,16H2,1-4H3,(H,19,20)/t12-,13+/m0/s1. The van der Waals surface area contributed by atoms with Crippen LogP contribution < -0.4 is 0 Å². The van der Waals surface area contributed by atoms with Crippen LogP contribution in [0.25, 0.3) is 0 Å². The smallest absolute Gasteiger partial charge is 0.308 e. The van der Waals surface area contributed by atoms with Crippen LogP contribution in [-0.4, -0.2) is 69.0 Å². The van der Waals surface area contributed by atoms with Crippen LogP contribution in [0.1, 0.15) is 26.7 Å². The molecule has 0 saturated carbocycles. The van der Waals surface area contributed by atoms with Crippen LogP contribution in [0.2, 0.25) is 6.32 Å². The molecule has 0 aromatic rings. The molecule has 0 amide bonds. The third-order valence-corrected chi connectivity index (χ3v) is 4.16. The first-order valence-corrected chi connectivity index (χ1v) is 7.85. The maximum atomic E-state index is 11.4. The van der Waals surface area contributed by atoms with E-state index in [1.54, 1.807) is 0 Å². The van der Waals surface area contributed by atoms with Crippen LogP contribution in [0.3, 0.4) is 0 Å². The van der Waals surface area contributed by atoms with Crippen molar-refractivity contribution in [1.82, 2.24) is 9.80 Å². The van der Waals surface area contributed by atoms with Crippen molar-refractivity contribution in [2.24, 2.45) is 17.3 Å². The van der Waals surface area contributed by atoms with Gasteiger partial charge in [-0.1, -0.05) is 26.6 Å². The molecule has 1 heterocycles. The SMILES string of the molecule is BCCC[C@H]1CN(CC(C)(C)CN(C)C)C[C@H]1C(=O)O. The van der Waals surface area contributed by atoms with Gasteiger partial charge in [-0.25, -0.2) is 0 Å². The molecule has 20 heavy (non-hydrogen) atoms. The Kier molecular flexibility index (Phi) is 6.53. The fourth-order valence-corrected chi connectivity index (χ4v) is 3.64. The van der Waals surface area contributed by atoms with Crippen LogP contribution in [0.15, 0.2) is 0 Å². The van der Waals surface area contributed by atoms with Gasteiger partial charge in [0.05, 0.1) is 5.92 Å². The van der Waals surface area contributed by atoms with Gasteiger partial charge in [-0.3, -0.25) is 4.79 Å². The van der Waals surface area contributed by atoms with Crippen molar-refractivity contribution in [3.05, 3.63) is 0 Å². The van der Waals surface area contributed by atoms with E-state index in [0.29, 0.717) is 5.92 Å². The van der Waals surface area contributed by atoms with Gasteiger partial charge in [0, 0.05) is 26.2 Å². The zero-order chi connectivity index (χ0) is 15.3. The first-order valence-electron chi connectivity index (χ1n) is 7.85. The summed E-state index contributed by atoms with van der Waals surface area (Å²) in [6.45, 7) is 8.22.